The molecule has 0 aliphatic carbocycles. The van der Waals surface area contributed by atoms with E-state index in [4.69, 9.17) is 28.3 Å². The van der Waals surface area contributed by atoms with E-state index in [0.29, 0.717) is 15.7 Å². The first-order valence-corrected chi connectivity index (χ1v) is 7.37. The van der Waals surface area contributed by atoms with Gasteiger partial charge in [0.25, 0.3) is 0 Å². The number of benzene rings is 1. The third-order valence-corrected chi connectivity index (χ3v) is 3.88. The topological polar surface area (TPSA) is 85.1 Å². The van der Waals surface area contributed by atoms with Crippen molar-refractivity contribution in [2.75, 3.05) is 5.32 Å². The van der Waals surface area contributed by atoms with Crippen LogP contribution in [-0.2, 0) is 10.0 Å². The lowest BCUT2D eigenvalue weighted by molar-refractivity contribution is 0.598. The highest BCUT2D eigenvalue weighted by Crippen LogP contribution is 2.33. The Morgan fingerprint density at radius 2 is 1.79 bits per heavy atom. The molecule has 2 aromatic rings. The zero-order valence-electron chi connectivity index (χ0n) is 9.47. The second kappa shape index (κ2) is 5.34. The highest BCUT2D eigenvalue weighted by Gasteiger charge is 2.15. The molecule has 0 saturated heterocycles. The summed E-state index contributed by atoms with van der Waals surface area (Å²) in [5.41, 5.74) is 0.662. The molecule has 0 fully saturated rings. The fourth-order valence-electron chi connectivity index (χ4n) is 1.46. The molecular weight excluding hydrogens is 309 g/mol. The van der Waals surface area contributed by atoms with Crippen molar-refractivity contribution in [2.45, 2.75) is 4.90 Å². The monoisotopic (exact) mass is 317 g/mol. The van der Waals surface area contributed by atoms with Gasteiger partial charge in [0.05, 0.1) is 21.4 Å². The smallest absolute Gasteiger partial charge is 0.241 e. The lowest BCUT2D eigenvalue weighted by Gasteiger charge is -2.12. The van der Waals surface area contributed by atoms with Gasteiger partial charge in [-0.15, -0.1) is 0 Å². The van der Waals surface area contributed by atoms with E-state index >= 15 is 0 Å². The summed E-state index contributed by atoms with van der Waals surface area (Å²) in [6.07, 6.45) is 2.59. The van der Waals surface area contributed by atoms with E-state index in [1.54, 1.807) is 18.2 Å². The van der Waals surface area contributed by atoms with Gasteiger partial charge in [-0.05, 0) is 18.2 Å². The number of hydrogen-bond donors (Lipinski definition) is 2. The summed E-state index contributed by atoms with van der Waals surface area (Å²) in [6.45, 7) is 0. The lowest BCUT2D eigenvalue weighted by atomic mass is 10.3. The van der Waals surface area contributed by atoms with Crippen molar-refractivity contribution in [3.8, 4) is 0 Å². The summed E-state index contributed by atoms with van der Waals surface area (Å²) in [5, 5.41) is 8.70. The quantitative estimate of drug-likeness (QED) is 0.911. The molecular formula is C11H9Cl2N3O2S. The predicted molar refractivity (Wildman–Crippen MR) is 75.4 cm³/mol. The second-order valence-electron chi connectivity index (χ2n) is 3.64. The van der Waals surface area contributed by atoms with E-state index in [0.717, 1.165) is 6.20 Å². The summed E-state index contributed by atoms with van der Waals surface area (Å²) in [6, 6.07) is 6.42. The summed E-state index contributed by atoms with van der Waals surface area (Å²) in [4.78, 5) is 3.60. The minimum atomic E-state index is -3.89. The number of anilines is 2. The maximum absolute atomic E-state index is 11.4. The Kier molecular flexibility index (Phi) is 3.96. The molecule has 2 rings (SSSR count). The molecule has 0 atom stereocenters. The predicted octanol–water partition coefficient (Wildman–Crippen LogP) is 2.78. The van der Waals surface area contributed by atoms with Crippen molar-refractivity contribution in [3.05, 3.63) is 46.7 Å². The van der Waals surface area contributed by atoms with Gasteiger partial charge in [0.2, 0.25) is 10.0 Å². The van der Waals surface area contributed by atoms with E-state index < -0.39 is 10.0 Å². The Bertz CT molecular complexity index is 699. The zero-order chi connectivity index (χ0) is 14.0. The van der Waals surface area contributed by atoms with Crippen molar-refractivity contribution in [1.29, 1.82) is 0 Å². The van der Waals surface area contributed by atoms with Crippen molar-refractivity contribution in [3.63, 3.8) is 0 Å². The van der Waals surface area contributed by atoms with Crippen LogP contribution < -0.4 is 10.5 Å². The molecule has 0 spiro atoms. The SMILES string of the molecule is NS(=O)(=O)c1cnccc1Nc1c(Cl)cccc1Cl. The first-order chi connectivity index (χ1) is 8.89. The number of pyridine rings is 1. The number of aromatic nitrogens is 1. The number of nitrogens with two attached hydrogens (primary N) is 1. The van der Waals surface area contributed by atoms with Gasteiger partial charge in [0, 0.05) is 12.4 Å². The van der Waals surface area contributed by atoms with Gasteiger partial charge < -0.3 is 5.32 Å². The molecule has 100 valence electrons. The number of sulfonamides is 1. The molecule has 8 heteroatoms. The number of primary sulfonamides is 1. The Hall–Kier alpha value is -1.34. The number of halogens is 2. The standard InChI is InChI=1S/C11H9Cl2N3O2S/c12-7-2-1-3-8(13)11(7)16-9-4-5-15-6-10(9)19(14,17)18/h1-6H,(H,15,16)(H2,14,17,18). The van der Waals surface area contributed by atoms with E-state index in [2.05, 4.69) is 10.3 Å². The van der Waals surface area contributed by atoms with Crippen LogP contribution in [0.4, 0.5) is 11.4 Å². The Balaban J connectivity index is 2.51. The van der Waals surface area contributed by atoms with Crippen molar-refractivity contribution < 1.29 is 8.42 Å². The summed E-state index contributed by atoms with van der Waals surface area (Å²) in [5.74, 6) is 0. The molecule has 0 unspecified atom stereocenters. The van der Waals surface area contributed by atoms with E-state index in [1.165, 1.54) is 12.3 Å². The van der Waals surface area contributed by atoms with Crippen LogP contribution in [0.2, 0.25) is 10.0 Å². The fourth-order valence-corrected chi connectivity index (χ4v) is 2.59. The van der Waals surface area contributed by atoms with Crippen LogP contribution in [-0.4, -0.2) is 13.4 Å². The Morgan fingerprint density at radius 1 is 1.16 bits per heavy atom. The van der Waals surface area contributed by atoms with E-state index in [1.807, 2.05) is 0 Å². The van der Waals surface area contributed by atoms with Gasteiger partial charge in [-0.2, -0.15) is 0 Å². The molecule has 0 aliphatic rings. The largest absolute Gasteiger partial charge is 0.352 e. The number of rotatable bonds is 3. The molecule has 5 nitrogen and oxygen atoms in total. The van der Waals surface area contributed by atoms with E-state index in [9.17, 15) is 8.42 Å². The van der Waals surface area contributed by atoms with Gasteiger partial charge in [-0.1, -0.05) is 29.3 Å². The molecule has 19 heavy (non-hydrogen) atoms. The molecule has 1 heterocycles. The first kappa shape index (κ1) is 14.1. The number of nitrogens with one attached hydrogen (secondary N) is 1. The third-order valence-electron chi connectivity index (χ3n) is 2.31. The average molecular weight is 318 g/mol. The van der Waals surface area contributed by atoms with Crippen molar-refractivity contribution in [1.82, 2.24) is 4.98 Å². The van der Waals surface area contributed by atoms with Gasteiger partial charge >= 0.3 is 0 Å². The molecule has 0 aliphatic heterocycles. The van der Waals surface area contributed by atoms with Crippen LogP contribution in [0.5, 0.6) is 0 Å². The molecule has 1 aromatic carbocycles. The van der Waals surface area contributed by atoms with Crippen LogP contribution in [0, 0.1) is 0 Å². The van der Waals surface area contributed by atoms with Crippen LogP contribution in [0.1, 0.15) is 0 Å². The molecule has 3 N–H and O–H groups in total. The molecule has 0 amide bonds. The highest BCUT2D eigenvalue weighted by atomic mass is 35.5. The fraction of sp³-hybridized carbons (Fsp3) is 0. The van der Waals surface area contributed by atoms with Crippen molar-refractivity contribution >= 4 is 44.6 Å². The minimum Gasteiger partial charge on any atom is -0.352 e. The molecule has 0 radical (unpaired) electrons. The third kappa shape index (κ3) is 3.16. The summed E-state index contributed by atoms with van der Waals surface area (Å²) in [7, 11) is -3.89. The number of para-hydroxylation sites is 1. The van der Waals surface area contributed by atoms with Crippen LogP contribution in [0.15, 0.2) is 41.6 Å². The second-order valence-corrected chi connectivity index (χ2v) is 5.98. The van der Waals surface area contributed by atoms with Gasteiger partial charge in [-0.25, -0.2) is 13.6 Å². The lowest BCUT2D eigenvalue weighted by Crippen LogP contribution is -2.14. The van der Waals surface area contributed by atoms with Gasteiger partial charge in [0.1, 0.15) is 4.90 Å². The maximum atomic E-state index is 11.4. The number of hydrogen-bond acceptors (Lipinski definition) is 4. The molecule has 0 saturated carbocycles. The van der Waals surface area contributed by atoms with Gasteiger partial charge in [-0.3, -0.25) is 4.98 Å². The maximum Gasteiger partial charge on any atom is 0.241 e. The zero-order valence-corrected chi connectivity index (χ0v) is 11.8. The Labute approximate surface area is 120 Å². The first-order valence-electron chi connectivity index (χ1n) is 5.07. The molecule has 0 bridgehead atoms. The van der Waals surface area contributed by atoms with Crippen molar-refractivity contribution in [2.24, 2.45) is 5.14 Å². The normalized spacial score (nSPS) is 11.3. The van der Waals surface area contributed by atoms with Gasteiger partial charge in [0.15, 0.2) is 0 Å². The average Bonchev–Trinajstić information content (AvgIpc) is 2.33. The highest BCUT2D eigenvalue weighted by molar-refractivity contribution is 7.89. The Morgan fingerprint density at radius 3 is 2.37 bits per heavy atom. The van der Waals surface area contributed by atoms with Crippen LogP contribution >= 0.6 is 23.2 Å². The summed E-state index contributed by atoms with van der Waals surface area (Å²) < 4.78 is 22.9. The van der Waals surface area contributed by atoms with Crippen LogP contribution in [0.25, 0.3) is 0 Å². The van der Waals surface area contributed by atoms with E-state index in [-0.39, 0.29) is 10.6 Å². The minimum absolute atomic E-state index is 0.133. The summed E-state index contributed by atoms with van der Waals surface area (Å²) >= 11 is 12.0. The molecule has 1 aromatic heterocycles. The van der Waals surface area contributed by atoms with Crippen LogP contribution in [0.3, 0.4) is 0 Å². The number of nitrogens with zero attached hydrogens (tertiary/aromatic N) is 1.